The molecule has 0 aliphatic rings. The molecule has 0 saturated heterocycles. The Bertz CT molecular complexity index is 827. The second-order valence-electron chi connectivity index (χ2n) is 5.98. The summed E-state index contributed by atoms with van der Waals surface area (Å²) >= 11 is 6.06. The summed E-state index contributed by atoms with van der Waals surface area (Å²) in [6.45, 7) is 5.80. The summed E-state index contributed by atoms with van der Waals surface area (Å²) in [6.07, 6.45) is 1.40. The van der Waals surface area contributed by atoms with Crippen LogP contribution in [0.1, 0.15) is 32.0 Å². The Morgan fingerprint density at radius 3 is 2.75 bits per heavy atom. The van der Waals surface area contributed by atoms with E-state index in [2.05, 4.69) is 25.7 Å². The van der Waals surface area contributed by atoms with Gasteiger partial charge in [-0.2, -0.15) is 15.2 Å². The van der Waals surface area contributed by atoms with Crippen LogP contribution >= 0.6 is 11.6 Å². The Hall–Kier alpha value is -2.61. The van der Waals surface area contributed by atoms with Crippen molar-refractivity contribution in [1.82, 2.24) is 15.2 Å². The number of ether oxygens (including phenoxy) is 1. The van der Waals surface area contributed by atoms with Gasteiger partial charge in [0.15, 0.2) is 17.3 Å². The molecular weight excluding hydrogens is 334 g/mol. The number of methoxy groups -OCH3 is 1. The number of hydrazone groups is 1. The number of hydrogen-bond donors (Lipinski definition) is 3. The lowest BCUT2D eigenvalue weighted by atomic mass is 9.92. The zero-order chi connectivity index (χ0) is 17.9. The normalized spacial score (nSPS) is 11.7. The van der Waals surface area contributed by atoms with Crippen LogP contribution in [0.25, 0.3) is 0 Å². The number of anilines is 1. The summed E-state index contributed by atoms with van der Waals surface area (Å²) in [7, 11) is 1.43. The maximum Gasteiger partial charge on any atom is 0.363 e. The van der Waals surface area contributed by atoms with Crippen molar-refractivity contribution in [2.24, 2.45) is 5.10 Å². The maximum atomic E-state index is 11.4. The van der Waals surface area contributed by atoms with Gasteiger partial charge in [0.2, 0.25) is 0 Å². The van der Waals surface area contributed by atoms with Crippen molar-refractivity contribution in [3.63, 3.8) is 0 Å². The molecule has 1 aromatic heterocycles. The number of aromatic nitrogens is 3. The van der Waals surface area contributed by atoms with Crippen molar-refractivity contribution >= 4 is 23.6 Å². The van der Waals surface area contributed by atoms with Crippen LogP contribution < -0.4 is 15.9 Å². The van der Waals surface area contributed by atoms with E-state index >= 15 is 0 Å². The highest BCUT2D eigenvalue weighted by Crippen LogP contribution is 2.35. The van der Waals surface area contributed by atoms with Crippen LogP contribution in [0.15, 0.2) is 22.0 Å². The molecule has 0 bridgehead atoms. The Morgan fingerprint density at radius 1 is 1.42 bits per heavy atom. The van der Waals surface area contributed by atoms with Gasteiger partial charge in [0.05, 0.1) is 18.3 Å². The summed E-state index contributed by atoms with van der Waals surface area (Å²) in [4.78, 5) is 15.2. The monoisotopic (exact) mass is 351 g/mol. The molecule has 3 N–H and O–H groups in total. The number of nitrogens with zero attached hydrogens (tertiary/aromatic N) is 3. The first-order valence-electron chi connectivity index (χ1n) is 7.05. The third kappa shape index (κ3) is 3.83. The van der Waals surface area contributed by atoms with Crippen molar-refractivity contribution in [2.45, 2.75) is 26.2 Å². The molecule has 0 spiro atoms. The molecule has 8 nitrogen and oxygen atoms in total. The quantitative estimate of drug-likeness (QED) is 0.575. The number of rotatable bonds is 4. The fourth-order valence-corrected chi connectivity index (χ4v) is 2.13. The third-order valence-electron chi connectivity index (χ3n) is 3.11. The first-order chi connectivity index (χ1) is 11.2. The molecular formula is C15H18ClN5O3. The van der Waals surface area contributed by atoms with Crippen LogP contribution in [-0.4, -0.2) is 33.6 Å². The van der Waals surface area contributed by atoms with E-state index in [1.165, 1.54) is 13.3 Å². The molecule has 0 unspecified atom stereocenters. The number of aromatic hydroxyl groups is 1. The molecule has 0 amide bonds. The maximum absolute atomic E-state index is 11.4. The highest BCUT2D eigenvalue weighted by molar-refractivity contribution is 6.34. The largest absolute Gasteiger partial charge is 0.503 e. The van der Waals surface area contributed by atoms with E-state index in [1.54, 1.807) is 12.1 Å². The van der Waals surface area contributed by atoms with Crippen LogP contribution in [0.3, 0.4) is 0 Å². The molecule has 24 heavy (non-hydrogen) atoms. The van der Waals surface area contributed by atoms with Crippen molar-refractivity contribution in [3.8, 4) is 11.5 Å². The molecule has 0 aliphatic heterocycles. The second-order valence-corrected chi connectivity index (χ2v) is 6.36. The molecule has 0 fully saturated rings. The fourth-order valence-electron chi connectivity index (χ4n) is 1.93. The van der Waals surface area contributed by atoms with E-state index < -0.39 is 5.69 Å². The molecule has 0 saturated carbocycles. The van der Waals surface area contributed by atoms with E-state index in [1.807, 2.05) is 20.8 Å². The predicted octanol–water partition coefficient (Wildman–Crippen LogP) is 2.28. The Kier molecular flexibility index (Phi) is 5.08. The molecule has 0 aliphatic carbocycles. The van der Waals surface area contributed by atoms with Gasteiger partial charge in [-0.3, -0.25) is 5.43 Å². The number of nitrogens with one attached hydrogen (secondary N) is 2. The Balaban J connectivity index is 2.29. The topological polar surface area (TPSA) is 112 Å². The molecule has 9 heteroatoms. The first-order valence-corrected chi connectivity index (χ1v) is 7.43. The van der Waals surface area contributed by atoms with Crippen LogP contribution in [-0.2, 0) is 5.41 Å². The highest BCUT2D eigenvalue weighted by Gasteiger charge is 2.21. The van der Waals surface area contributed by atoms with E-state index in [9.17, 15) is 9.90 Å². The van der Waals surface area contributed by atoms with Gasteiger partial charge in [-0.15, -0.1) is 0 Å². The second kappa shape index (κ2) is 6.88. The van der Waals surface area contributed by atoms with Crippen LogP contribution in [0.4, 0.5) is 5.82 Å². The smallest absolute Gasteiger partial charge is 0.363 e. The average Bonchev–Trinajstić information content (AvgIpc) is 2.50. The van der Waals surface area contributed by atoms with Crippen molar-refractivity contribution in [3.05, 3.63) is 38.9 Å². The molecule has 128 valence electrons. The zero-order valence-corrected chi connectivity index (χ0v) is 14.5. The van der Waals surface area contributed by atoms with E-state index in [0.29, 0.717) is 11.3 Å². The minimum Gasteiger partial charge on any atom is -0.503 e. The number of benzene rings is 1. The number of aromatic amines is 1. The van der Waals surface area contributed by atoms with Gasteiger partial charge in [0, 0.05) is 11.0 Å². The highest BCUT2D eigenvalue weighted by atomic mass is 35.5. The third-order valence-corrected chi connectivity index (χ3v) is 3.51. The first kappa shape index (κ1) is 17.7. The van der Waals surface area contributed by atoms with Crippen LogP contribution in [0, 0.1) is 0 Å². The molecule has 2 aromatic rings. The summed E-state index contributed by atoms with van der Waals surface area (Å²) in [5, 5.41) is 20.3. The number of phenols is 1. The van der Waals surface area contributed by atoms with Crippen molar-refractivity contribution in [2.75, 3.05) is 12.5 Å². The van der Waals surface area contributed by atoms with Crippen LogP contribution in [0.2, 0.25) is 5.02 Å². The Morgan fingerprint density at radius 2 is 2.12 bits per heavy atom. The van der Waals surface area contributed by atoms with Gasteiger partial charge in [-0.1, -0.05) is 32.4 Å². The van der Waals surface area contributed by atoms with Gasteiger partial charge in [-0.05, 0) is 12.1 Å². The average molecular weight is 352 g/mol. The standard InChI is InChI=1S/C15H18ClN5O3/c1-15(2,3)12-13(18-14(23)21-19-12)20-17-7-8-5-6-9(24-4)11(22)10(8)16/h5-7,22H,1-4H3,(H2,18,20,21,23)/b17-7+. The zero-order valence-electron chi connectivity index (χ0n) is 13.7. The van der Waals surface area contributed by atoms with E-state index in [4.69, 9.17) is 16.3 Å². The van der Waals surface area contributed by atoms with Crippen molar-refractivity contribution in [1.29, 1.82) is 0 Å². The lowest BCUT2D eigenvalue weighted by molar-refractivity contribution is 0.373. The molecule has 1 heterocycles. The Labute approximate surface area is 143 Å². The molecule has 2 rings (SSSR count). The SMILES string of the molecule is COc1ccc(/C=N/Nc2nc(=O)[nH]nc2C(C)(C)C)c(Cl)c1O. The van der Waals surface area contributed by atoms with Gasteiger partial charge < -0.3 is 9.84 Å². The van der Waals surface area contributed by atoms with Gasteiger partial charge in [0.25, 0.3) is 0 Å². The molecule has 1 aromatic carbocycles. The minimum atomic E-state index is -0.583. The minimum absolute atomic E-state index is 0.105. The number of halogens is 1. The van der Waals surface area contributed by atoms with Gasteiger partial charge >= 0.3 is 5.69 Å². The summed E-state index contributed by atoms with van der Waals surface area (Å²) in [5.74, 6) is 0.339. The molecule has 0 radical (unpaired) electrons. The lowest BCUT2D eigenvalue weighted by Crippen LogP contribution is -2.24. The summed E-state index contributed by atoms with van der Waals surface area (Å²) < 4.78 is 4.97. The number of phenolic OH excluding ortho intramolecular Hbond substituents is 1. The predicted molar refractivity (Wildman–Crippen MR) is 92.2 cm³/mol. The van der Waals surface area contributed by atoms with Crippen LogP contribution in [0.5, 0.6) is 11.5 Å². The number of H-pyrrole nitrogens is 1. The number of hydrogen-bond acceptors (Lipinski definition) is 7. The van der Waals surface area contributed by atoms with Crippen molar-refractivity contribution < 1.29 is 9.84 Å². The van der Waals surface area contributed by atoms with Gasteiger partial charge in [0.1, 0.15) is 5.69 Å². The van der Waals surface area contributed by atoms with Gasteiger partial charge in [-0.25, -0.2) is 9.89 Å². The lowest BCUT2D eigenvalue weighted by Gasteiger charge is -2.18. The van der Waals surface area contributed by atoms with E-state index in [-0.39, 0.29) is 27.8 Å². The fraction of sp³-hybridized carbons (Fsp3) is 0.333. The summed E-state index contributed by atoms with van der Waals surface area (Å²) in [6, 6.07) is 3.20. The summed E-state index contributed by atoms with van der Waals surface area (Å²) in [5.41, 5.74) is 2.79. The van der Waals surface area contributed by atoms with E-state index in [0.717, 1.165) is 0 Å². The molecule has 0 atom stereocenters.